The van der Waals surface area contributed by atoms with Crippen molar-refractivity contribution in [3.63, 3.8) is 0 Å². The van der Waals surface area contributed by atoms with Gasteiger partial charge in [0.05, 0.1) is 22.0 Å². The Morgan fingerprint density at radius 1 is 1.24 bits per heavy atom. The third-order valence-corrected chi connectivity index (χ3v) is 6.75. The van der Waals surface area contributed by atoms with Crippen LogP contribution in [0.4, 0.5) is 4.79 Å². The number of nitrogens with one attached hydrogen (secondary N) is 2. The second-order valence-electron chi connectivity index (χ2n) is 6.52. The Balaban J connectivity index is 2.60. The Hall–Kier alpha value is -1.31. The van der Waals surface area contributed by atoms with E-state index in [2.05, 4.69) is 10.6 Å². The van der Waals surface area contributed by atoms with E-state index in [-0.39, 0.29) is 12.3 Å². The van der Waals surface area contributed by atoms with Crippen LogP contribution in [0.25, 0.3) is 0 Å². The highest BCUT2D eigenvalue weighted by Gasteiger charge is 2.44. The Morgan fingerprint density at radius 3 is 2.24 bits per heavy atom. The first-order valence-corrected chi connectivity index (χ1v) is 8.63. The van der Waals surface area contributed by atoms with Crippen molar-refractivity contribution in [1.29, 1.82) is 0 Å². The minimum Gasteiger partial charge on any atom is -0.481 e. The summed E-state index contributed by atoms with van der Waals surface area (Å²) in [5.74, 6) is -0.857. The van der Waals surface area contributed by atoms with Crippen LogP contribution in [0, 0.1) is 5.41 Å². The van der Waals surface area contributed by atoms with Gasteiger partial charge in [-0.25, -0.2) is 13.2 Å². The molecule has 1 aliphatic heterocycles. The third-order valence-electron chi connectivity index (χ3n) is 4.48. The topological polar surface area (TPSA) is 113 Å². The highest BCUT2D eigenvalue weighted by Crippen LogP contribution is 2.30. The maximum Gasteiger partial charge on any atom is 0.315 e. The summed E-state index contributed by atoms with van der Waals surface area (Å²) in [7, 11) is -3.10. The molecule has 1 aliphatic rings. The lowest BCUT2D eigenvalue weighted by Gasteiger charge is -2.38. The van der Waals surface area contributed by atoms with Crippen LogP contribution in [0.5, 0.6) is 0 Å². The van der Waals surface area contributed by atoms with E-state index in [1.54, 1.807) is 13.8 Å². The van der Waals surface area contributed by atoms with Gasteiger partial charge in [0.1, 0.15) is 0 Å². The molecule has 0 aromatic heterocycles. The Kier molecular flexibility index (Phi) is 4.92. The molecule has 8 heteroatoms. The fourth-order valence-corrected chi connectivity index (χ4v) is 3.81. The molecule has 0 saturated carbocycles. The normalized spacial score (nSPS) is 21.8. The van der Waals surface area contributed by atoms with Crippen LogP contribution in [0.1, 0.15) is 40.5 Å². The van der Waals surface area contributed by atoms with Crippen LogP contribution < -0.4 is 10.6 Å². The number of urea groups is 1. The van der Waals surface area contributed by atoms with Crippen LogP contribution >= 0.6 is 0 Å². The largest absolute Gasteiger partial charge is 0.481 e. The number of carbonyl (C=O) groups is 2. The smallest absolute Gasteiger partial charge is 0.315 e. The van der Waals surface area contributed by atoms with Crippen molar-refractivity contribution in [2.75, 3.05) is 12.3 Å². The van der Waals surface area contributed by atoms with E-state index < -0.39 is 38.0 Å². The predicted octanol–water partition coefficient (Wildman–Crippen LogP) is 0.752. The minimum atomic E-state index is -3.10. The fraction of sp³-hybridized carbons (Fsp3) is 0.846. The van der Waals surface area contributed by atoms with Gasteiger partial charge in [0.15, 0.2) is 9.84 Å². The standard InChI is InChI=1S/C13H24N2O5S/c1-12(2,10(16)17)13(3,4)15-11(18)14-8-9-6-5-7-21(9,19)20/h9H,5-8H2,1-4H3,(H,16,17)(H2,14,15,18). The molecule has 1 rings (SSSR count). The van der Waals surface area contributed by atoms with Crippen LogP contribution in [0.15, 0.2) is 0 Å². The number of carbonyl (C=O) groups excluding carboxylic acids is 1. The summed E-state index contributed by atoms with van der Waals surface area (Å²) < 4.78 is 23.3. The summed E-state index contributed by atoms with van der Waals surface area (Å²) in [5.41, 5.74) is -2.15. The molecule has 7 nitrogen and oxygen atoms in total. The number of hydrogen-bond acceptors (Lipinski definition) is 4. The van der Waals surface area contributed by atoms with Crippen molar-refractivity contribution in [1.82, 2.24) is 10.6 Å². The molecule has 0 aromatic carbocycles. The molecule has 0 bridgehead atoms. The van der Waals surface area contributed by atoms with Gasteiger partial charge in [0.2, 0.25) is 0 Å². The number of carboxylic acids is 1. The van der Waals surface area contributed by atoms with Crippen molar-refractivity contribution in [2.45, 2.75) is 51.3 Å². The quantitative estimate of drug-likeness (QED) is 0.692. The van der Waals surface area contributed by atoms with Crippen LogP contribution in [-0.2, 0) is 14.6 Å². The Labute approximate surface area is 125 Å². The molecule has 122 valence electrons. The summed E-state index contributed by atoms with van der Waals surface area (Å²) in [6, 6.07) is -0.559. The van der Waals surface area contributed by atoms with E-state index in [9.17, 15) is 23.1 Å². The average molecular weight is 320 g/mol. The summed E-state index contributed by atoms with van der Waals surface area (Å²) in [6.07, 6.45) is 1.17. The van der Waals surface area contributed by atoms with Crippen LogP contribution in [0.3, 0.4) is 0 Å². The molecule has 1 atom stereocenters. The number of rotatable bonds is 5. The molecule has 2 amide bonds. The number of carboxylic acid groups (broad SMARTS) is 1. The summed E-state index contributed by atoms with van der Waals surface area (Å²) >= 11 is 0. The number of hydrogen-bond donors (Lipinski definition) is 3. The lowest BCUT2D eigenvalue weighted by molar-refractivity contribution is -0.150. The Morgan fingerprint density at radius 2 is 1.81 bits per heavy atom. The average Bonchev–Trinajstić information content (AvgIpc) is 2.64. The zero-order chi connectivity index (χ0) is 16.5. The molecule has 0 aliphatic carbocycles. The van der Waals surface area contributed by atoms with E-state index in [1.165, 1.54) is 13.8 Å². The highest BCUT2D eigenvalue weighted by atomic mass is 32.2. The van der Waals surface area contributed by atoms with Gasteiger partial charge < -0.3 is 15.7 Å². The van der Waals surface area contributed by atoms with Gasteiger partial charge in [0.25, 0.3) is 0 Å². The van der Waals surface area contributed by atoms with Crippen molar-refractivity contribution in [2.24, 2.45) is 5.41 Å². The second kappa shape index (κ2) is 5.82. The molecule has 1 unspecified atom stereocenters. The lowest BCUT2D eigenvalue weighted by atomic mass is 9.74. The van der Waals surface area contributed by atoms with Gasteiger partial charge in [-0.1, -0.05) is 0 Å². The monoisotopic (exact) mass is 320 g/mol. The maximum absolute atomic E-state index is 11.9. The van der Waals surface area contributed by atoms with E-state index in [0.717, 1.165) is 0 Å². The molecular weight excluding hydrogens is 296 g/mol. The molecule has 1 fully saturated rings. The summed E-state index contributed by atoms with van der Waals surface area (Å²) in [5, 5.41) is 13.8. The van der Waals surface area contributed by atoms with Crippen molar-refractivity contribution >= 4 is 21.8 Å². The third kappa shape index (κ3) is 3.87. The van der Waals surface area contributed by atoms with E-state index in [0.29, 0.717) is 12.8 Å². The van der Waals surface area contributed by atoms with E-state index >= 15 is 0 Å². The van der Waals surface area contributed by atoms with E-state index in [4.69, 9.17) is 0 Å². The van der Waals surface area contributed by atoms with Gasteiger partial charge in [0, 0.05) is 6.54 Å². The van der Waals surface area contributed by atoms with Crippen molar-refractivity contribution in [3.05, 3.63) is 0 Å². The van der Waals surface area contributed by atoms with Crippen LogP contribution in [-0.4, -0.2) is 48.6 Å². The van der Waals surface area contributed by atoms with Gasteiger partial charge in [-0.05, 0) is 40.5 Å². The van der Waals surface area contributed by atoms with Gasteiger partial charge >= 0.3 is 12.0 Å². The van der Waals surface area contributed by atoms with Gasteiger partial charge in [-0.15, -0.1) is 0 Å². The van der Waals surface area contributed by atoms with Crippen molar-refractivity contribution < 1.29 is 23.1 Å². The minimum absolute atomic E-state index is 0.0533. The van der Waals surface area contributed by atoms with Crippen LogP contribution in [0.2, 0.25) is 0 Å². The summed E-state index contributed by atoms with van der Waals surface area (Å²) in [4.78, 5) is 23.1. The molecule has 0 spiro atoms. The van der Waals surface area contributed by atoms with E-state index in [1.807, 2.05) is 0 Å². The number of sulfone groups is 1. The molecular formula is C13H24N2O5S. The first-order valence-electron chi connectivity index (χ1n) is 6.91. The SMILES string of the molecule is CC(C)(NC(=O)NCC1CCCS1(=O)=O)C(C)(C)C(=O)O. The maximum atomic E-state index is 11.9. The second-order valence-corrected chi connectivity index (χ2v) is 8.92. The number of amides is 2. The Bertz CT molecular complexity index is 525. The van der Waals surface area contributed by atoms with Gasteiger partial charge in [-0.3, -0.25) is 4.79 Å². The lowest BCUT2D eigenvalue weighted by Crippen LogP contribution is -2.59. The highest BCUT2D eigenvalue weighted by molar-refractivity contribution is 7.92. The first kappa shape index (κ1) is 17.7. The zero-order valence-corrected chi connectivity index (χ0v) is 13.7. The predicted molar refractivity (Wildman–Crippen MR) is 78.8 cm³/mol. The molecule has 0 aromatic rings. The molecule has 1 heterocycles. The molecule has 21 heavy (non-hydrogen) atoms. The van der Waals surface area contributed by atoms with Gasteiger partial charge in [-0.2, -0.15) is 0 Å². The zero-order valence-electron chi connectivity index (χ0n) is 12.9. The fourth-order valence-electron chi connectivity index (χ4n) is 2.05. The molecule has 1 saturated heterocycles. The molecule has 0 radical (unpaired) electrons. The number of aliphatic carboxylic acids is 1. The summed E-state index contributed by atoms with van der Waals surface area (Å²) in [6.45, 7) is 6.34. The van der Waals surface area contributed by atoms with Crippen molar-refractivity contribution in [3.8, 4) is 0 Å². The molecule has 3 N–H and O–H groups in total. The first-order chi connectivity index (χ1) is 9.40.